The molecule has 1 atom stereocenters. The van der Waals surface area contributed by atoms with Gasteiger partial charge in [0.2, 0.25) is 5.91 Å². The number of ether oxygens (including phenoxy) is 2. The number of hydrogen-bond donors (Lipinski definition) is 0. The average Bonchev–Trinajstić information content (AvgIpc) is 2.66. The van der Waals surface area contributed by atoms with Crippen LogP contribution >= 0.6 is 0 Å². The van der Waals surface area contributed by atoms with Crippen molar-refractivity contribution in [2.75, 3.05) is 20.8 Å². The third-order valence-electron chi connectivity index (χ3n) is 4.77. The van der Waals surface area contributed by atoms with Crippen LogP contribution in [0.1, 0.15) is 42.5 Å². The van der Waals surface area contributed by atoms with Gasteiger partial charge in [-0.2, -0.15) is 0 Å². The van der Waals surface area contributed by atoms with E-state index in [0.29, 0.717) is 12.2 Å². The number of carbonyl (C=O) groups is 1. The second-order valence-corrected chi connectivity index (χ2v) is 6.31. The number of rotatable bonds is 5. The minimum absolute atomic E-state index is 0.0798. The Bertz CT molecular complexity index is 742. The van der Waals surface area contributed by atoms with E-state index in [4.69, 9.17) is 9.47 Å². The van der Waals surface area contributed by atoms with E-state index in [2.05, 4.69) is 12.1 Å². The molecule has 0 saturated carbocycles. The predicted molar refractivity (Wildman–Crippen MR) is 98.2 cm³/mol. The van der Waals surface area contributed by atoms with E-state index in [1.807, 2.05) is 42.2 Å². The van der Waals surface area contributed by atoms with Crippen LogP contribution in [0.15, 0.2) is 42.5 Å². The molecule has 0 saturated heterocycles. The Labute approximate surface area is 149 Å². The third-order valence-corrected chi connectivity index (χ3v) is 4.77. The van der Waals surface area contributed by atoms with Crippen LogP contribution in [-0.2, 0) is 11.2 Å². The molecule has 1 aliphatic heterocycles. The van der Waals surface area contributed by atoms with Gasteiger partial charge >= 0.3 is 0 Å². The van der Waals surface area contributed by atoms with Crippen molar-refractivity contribution in [2.24, 2.45) is 0 Å². The molecule has 0 N–H and O–H groups in total. The third kappa shape index (κ3) is 3.34. The van der Waals surface area contributed by atoms with Crippen molar-refractivity contribution in [2.45, 2.75) is 32.2 Å². The van der Waals surface area contributed by atoms with E-state index in [-0.39, 0.29) is 11.9 Å². The van der Waals surface area contributed by atoms with Crippen LogP contribution in [0.25, 0.3) is 0 Å². The van der Waals surface area contributed by atoms with Gasteiger partial charge in [0.05, 0.1) is 20.3 Å². The number of fused-ring (bicyclic) bond motifs is 1. The van der Waals surface area contributed by atoms with Crippen LogP contribution in [0.3, 0.4) is 0 Å². The van der Waals surface area contributed by atoms with Crippen molar-refractivity contribution >= 4 is 5.91 Å². The average molecular weight is 339 g/mol. The van der Waals surface area contributed by atoms with E-state index in [1.54, 1.807) is 14.2 Å². The van der Waals surface area contributed by atoms with Gasteiger partial charge in [-0.05, 0) is 41.7 Å². The number of methoxy groups -OCH3 is 2. The first-order valence-electron chi connectivity index (χ1n) is 8.78. The standard InChI is InChI=1S/C21H25NO3/c1-4-8-20(23)22-12-11-16-13-18(24-2)19(25-3)14-17(16)21(22)15-9-6-5-7-10-15/h5-7,9-10,13-14,21H,4,8,11-12H2,1-3H3. The van der Waals surface area contributed by atoms with E-state index >= 15 is 0 Å². The zero-order chi connectivity index (χ0) is 17.8. The lowest BCUT2D eigenvalue weighted by atomic mass is 9.87. The smallest absolute Gasteiger partial charge is 0.223 e. The molecule has 132 valence electrons. The van der Waals surface area contributed by atoms with E-state index in [0.717, 1.165) is 36.3 Å². The maximum Gasteiger partial charge on any atom is 0.223 e. The summed E-state index contributed by atoms with van der Waals surface area (Å²) < 4.78 is 11.0. The van der Waals surface area contributed by atoms with Crippen LogP contribution in [0.4, 0.5) is 0 Å². The molecule has 25 heavy (non-hydrogen) atoms. The zero-order valence-electron chi connectivity index (χ0n) is 15.1. The van der Waals surface area contributed by atoms with Crippen LogP contribution in [0, 0.1) is 0 Å². The number of carbonyl (C=O) groups excluding carboxylic acids is 1. The second-order valence-electron chi connectivity index (χ2n) is 6.31. The summed E-state index contributed by atoms with van der Waals surface area (Å²) in [5.41, 5.74) is 3.46. The van der Waals surface area contributed by atoms with Crippen molar-refractivity contribution in [3.63, 3.8) is 0 Å². The summed E-state index contributed by atoms with van der Waals surface area (Å²) in [6.07, 6.45) is 2.26. The lowest BCUT2D eigenvalue weighted by Crippen LogP contribution is -2.40. The summed E-state index contributed by atoms with van der Waals surface area (Å²) in [6, 6.07) is 14.2. The quantitative estimate of drug-likeness (QED) is 0.827. The van der Waals surface area contributed by atoms with Crippen LogP contribution in [-0.4, -0.2) is 31.6 Å². The number of hydrogen-bond acceptors (Lipinski definition) is 3. The largest absolute Gasteiger partial charge is 0.493 e. The number of amides is 1. The van der Waals surface area contributed by atoms with Gasteiger partial charge in [-0.15, -0.1) is 0 Å². The lowest BCUT2D eigenvalue weighted by molar-refractivity contribution is -0.133. The SMILES string of the molecule is CCCC(=O)N1CCc2cc(OC)c(OC)cc2C1c1ccccc1. The summed E-state index contributed by atoms with van der Waals surface area (Å²) in [5, 5.41) is 0. The Balaban J connectivity index is 2.12. The fourth-order valence-corrected chi connectivity index (χ4v) is 3.57. The molecule has 1 heterocycles. The summed E-state index contributed by atoms with van der Waals surface area (Å²) in [4.78, 5) is 14.7. The Hall–Kier alpha value is -2.49. The molecule has 1 unspecified atom stereocenters. The minimum atomic E-state index is -0.0798. The highest BCUT2D eigenvalue weighted by Gasteiger charge is 2.32. The second kappa shape index (κ2) is 7.60. The molecular formula is C21H25NO3. The normalized spacial score (nSPS) is 16.3. The molecule has 0 aromatic heterocycles. The van der Waals surface area contributed by atoms with Gasteiger partial charge < -0.3 is 14.4 Å². The Morgan fingerprint density at radius 2 is 1.80 bits per heavy atom. The van der Waals surface area contributed by atoms with Crippen molar-refractivity contribution in [1.29, 1.82) is 0 Å². The predicted octanol–water partition coefficient (Wildman–Crippen LogP) is 3.98. The van der Waals surface area contributed by atoms with Crippen LogP contribution in [0.2, 0.25) is 0 Å². The van der Waals surface area contributed by atoms with Gasteiger partial charge in [-0.3, -0.25) is 4.79 Å². The van der Waals surface area contributed by atoms with Gasteiger partial charge in [-0.25, -0.2) is 0 Å². The molecule has 0 bridgehead atoms. The number of nitrogens with zero attached hydrogens (tertiary/aromatic N) is 1. The summed E-state index contributed by atoms with van der Waals surface area (Å²) in [6.45, 7) is 2.77. The monoisotopic (exact) mass is 339 g/mol. The highest BCUT2D eigenvalue weighted by Crippen LogP contribution is 2.41. The molecule has 0 radical (unpaired) electrons. The molecule has 1 aliphatic rings. The highest BCUT2D eigenvalue weighted by atomic mass is 16.5. The van der Waals surface area contributed by atoms with Gasteiger partial charge in [0.15, 0.2) is 11.5 Å². The summed E-state index contributed by atoms with van der Waals surface area (Å²) >= 11 is 0. The zero-order valence-corrected chi connectivity index (χ0v) is 15.1. The summed E-state index contributed by atoms with van der Waals surface area (Å²) in [7, 11) is 3.30. The maximum atomic E-state index is 12.7. The molecule has 2 aromatic rings. The molecule has 0 aliphatic carbocycles. The van der Waals surface area contributed by atoms with Crippen molar-refractivity contribution in [3.05, 3.63) is 59.2 Å². The van der Waals surface area contributed by atoms with Crippen LogP contribution < -0.4 is 9.47 Å². The van der Waals surface area contributed by atoms with Crippen molar-refractivity contribution in [1.82, 2.24) is 4.90 Å². The molecule has 2 aromatic carbocycles. The minimum Gasteiger partial charge on any atom is -0.493 e. The van der Waals surface area contributed by atoms with E-state index in [9.17, 15) is 4.79 Å². The van der Waals surface area contributed by atoms with Gasteiger partial charge in [0.1, 0.15) is 0 Å². The topological polar surface area (TPSA) is 38.8 Å². The molecule has 3 rings (SSSR count). The first-order valence-corrected chi connectivity index (χ1v) is 8.78. The Morgan fingerprint density at radius 3 is 2.44 bits per heavy atom. The fourth-order valence-electron chi connectivity index (χ4n) is 3.57. The highest BCUT2D eigenvalue weighted by molar-refractivity contribution is 5.78. The number of benzene rings is 2. The fraction of sp³-hybridized carbons (Fsp3) is 0.381. The summed E-state index contributed by atoms with van der Waals surface area (Å²) in [5.74, 6) is 1.64. The van der Waals surface area contributed by atoms with Gasteiger partial charge in [-0.1, -0.05) is 37.3 Å². The molecule has 4 nitrogen and oxygen atoms in total. The molecule has 1 amide bonds. The van der Waals surface area contributed by atoms with E-state index < -0.39 is 0 Å². The molecule has 0 fully saturated rings. The Kier molecular flexibility index (Phi) is 5.27. The first kappa shape index (κ1) is 17.3. The van der Waals surface area contributed by atoms with Gasteiger partial charge in [0.25, 0.3) is 0 Å². The molecule has 0 spiro atoms. The first-order chi connectivity index (χ1) is 12.2. The maximum absolute atomic E-state index is 12.7. The van der Waals surface area contributed by atoms with E-state index in [1.165, 1.54) is 5.56 Å². The van der Waals surface area contributed by atoms with Crippen molar-refractivity contribution < 1.29 is 14.3 Å². The molecular weight excluding hydrogens is 314 g/mol. The Morgan fingerprint density at radius 1 is 1.12 bits per heavy atom. The molecule has 4 heteroatoms. The van der Waals surface area contributed by atoms with Crippen molar-refractivity contribution in [3.8, 4) is 11.5 Å². The van der Waals surface area contributed by atoms with Gasteiger partial charge in [0, 0.05) is 13.0 Å². The lowest BCUT2D eigenvalue weighted by Gasteiger charge is -2.38. The van der Waals surface area contributed by atoms with Crippen LogP contribution in [0.5, 0.6) is 11.5 Å².